The van der Waals surface area contributed by atoms with Gasteiger partial charge >= 0.3 is 5.97 Å². The summed E-state index contributed by atoms with van der Waals surface area (Å²) >= 11 is 0. The van der Waals surface area contributed by atoms with Crippen molar-refractivity contribution in [1.82, 2.24) is 15.0 Å². The van der Waals surface area contributed by atoms with Crippen LogP contribution in [0, 0.1) is 6.92 Å². The molecule has 22 heavy (non-hydrogen) atoms. The fraction of sp³-hybridized carbons (Fsp3) is 0.188. The highest BCUT2D eigenvalue weighted by molar-refractivity contribution is 5.84. The number of carbonyl (C=O) groups is 1. The Morgan fingerprint density at radius 3 is 2.95 bits per heavy atom. The minimum Gasteiger partial charge on any atom is -0.480 e. The largest absolute Gasteiger partial charge is 0.480 e. The van der Waals surface area contributed by atoms with Crippen LogP contribution in [-0.2, 0) is 11.2 Å². The molecule has 0 amide bonds. The zero-order valence-electron chi connectivity index (χ0n) is 12.1. The first kappa shape index (κ1) is 14.1. The molecule has 0 saturated heterocycles. The molecule has 0 aliphatic carbocycles. The molecular weight excluding hydrogens is 280 g/mol. The fourth-order valence-electron chi connectivity index (χ4n) is 2.42. The average Bonchev–Trinajstić information content (AvgIpc) is 2.99. The van der Waals surface area contributed by atoms with Crippen molar-refractivity contribution in [1.29, 1.82) is 0 Å². The van der Waals surface area contributed by atoms with E-state index < -0.39 is 12.0 Å². The maximum absolute atomic E-state index is 11.5. The Morgan fingerprint density at radius 2 is 2.23 bits per heavy atom. The van der Waals surface area contributed by atoms with E-state index in [2.05, 4.69) is 20.3 Å². The number of carboxylic acid groups (broad SMARTS) is 1. The van der Waals surface area contributed by atoms with Gasteiger partial charge in [-0.25, -0.2) is 14.8 Å². The van der Waals surface area contributed by atoms with Gasteiger partial charge in [-0.1, -0.05) is 18.2 Å². The van der Waals surface area contributed by atoms with Crippen molar-refractivity contribution in [3.05, 3.63) is 54.1 Å². The van der Waals surface area contributed by atoms with Crippen LogP contribution in [0.4, 0.5) is 5.82 Å². The number of pyridine rings is 1. The molecule has 1 aromatic carbocycles. The molecule has 2 aromatic heterocycles. The number of carboxylic acids is 1. The molecule has 1 unspecified atom stereocenters. The van der Waals surface area contributed by atoms with Crippen molar-refractivity contribution in [2.24, 2.45) is 0 Å². The van der Waals surface area contributed by atoms with E-state index in [-0.39, 0.29) is 0 Å². The number of para-hydroxylation sites is 1. The van der Waals surface area contributed by atoms with Crippen molar-refractivity contribution in [2.75, 3.05) is 5.32 Å². The molecule has 3 N–H and O–H groups in total. The van der Waals surface area contributed by atoms with E-state index in [4.69, 9.17) is 0 Å². The topological polar surface area (TPSA) is 90.9 Å². The highest BCUT2D eigenvalue weighted by Gasteiger charge is 2.19. The summed E-state index contributed by atoms with van der Waals surface area (Å²) in [7, 11) is 0. The van der Waals surface area contributed by atoms with Gasteiger partial charge in [-0.3, -0.25) is 0 Å². The number of H-pyrrole nitrogens is 1. The van der Waals surface area contributed by atoms with Gasteiger partial charge < -0.3 is 15.4 Å². The maximum Gasteiger partial charge on any atom is 0.326 e. The quantitative estimate of drug-likeness (QED) is 0.672. The summed E-state index contributed by atoms with van der Waals surface area (Å²) in [6.07, 6.45) is 3.46. The average molecular weight is 296 g/mol. The molecule has 0 spiro atoms. The number of benzene rings is 1. The van der Waals surface area contributed by atoms with Crippen LogP contribution < -0.4 is 5.32 Å². The minimum absolute atomic E-state index is 0.308. The molecular formula is C16H16N4O2. The van der Waals surface area contributed by atoms with E-state index in [1.165, 1.54) is 6.33 Å². The monoisotopic (exact) mass is 296 g/mol. The number of aryl methyl sites for hydroxylation is 1. The van der Waals surface area contributed by atoms with Gasteiger partial charge in [0.2, 0.25) is 0 Å². The van der Waals surface area contributed by atoms with E-state index >= 15 is 0 Å². The Kier molecular flexibility index (Phi) is 3.74. The lowest BCUT2D eigenvalue weighted by Gasteiger charge is -2.15. The van der Waals surface area contributed by atoms with Crippen LogP contribution in [0.3, 0.4) is 0 Å². The first-order valence-electron chi connectivity index (χ1n) is 6.96. The smallest absolute Gasteiger partial charge is 0.326 e. The van der Waals surface area contributed by atoms with Gasteiger partial charge in [0, 0.05) is 23.7 Å². The standard InChI is InChI=1S/C16H16N4O2/c1-10-6-15(19-13-5-3-2-4-12(10)13)20-14(16(21)22)7-11-8-17-9-18-11/h2-6,8-9,14H,7H2,1H3,(H,17,18)(H,19,20)(H,21,22). The van der Waals surface area contributed by atoms with Crippen molar-refractivity contribution >= 4 is 22.7 Å². The van der Waals surface area contributed by atoms with Gasteiger partial charge in [0.1, 0.15) is 11.9 Å². The van der Waals surface area contributed by atoms with Crippen LogP contribution in [0.25, 0.3) is 10.9 Å². The molecule has 6 nitrogen and oxygen atoms in total. The number of aromatic amines is 1. The number of fused-ring (bicyclic) bond motifs is 1. The molecule has 0 saturated carbocycles. The molecule has 1 atom stereocenters. The molecule has 3 aromatic rings. The number of hydrogen-bond acceptors (Lipinski definition) is 4. The van der Waals surface area contributed by atoms with Crippen molar-refractivity contribution < 1.29 is 9.90 Å². The van der Waals surface area contributed by atoms with E-state index in [0.29, 0.717) is 12.2 Å². The van der Waals surface area contributed by atoms with Crippen LogP contribution >= 0.6 is 0 Å². The van der Waals surface area contributed by atoms with Gasteiger partial charge in [-0.2, -0.15) is 0 Å². The van der Waals surface area contributed by atoms with Crippen molar-refractivity contribution in [3.63, 3.8) is 0 Å². The summed E-state index contributed by atoms with van der Waals surface area (Å²) in [6, 6.07) is 8.89. The number of anilines is 1. The first-order valence-corrected chi connectivity index (χ1v) is 6.96. The van der Waals surface area contributed by atoms with Gasteiger partial charge in [-0.15, -0.1) is 0 Å². The van der Waals surface area contributed by atoms with Crippen LogP contribution in [0.2, 0.25) is 0 Å². The van der Waals surface area contributed by atoms with E-state index in [0.717, 1.165) is 22.2 Å². The Labute approximate surface area is 127 Å². The van der Waals surface area contributed by atoms with Crippen molar-refractivity contribution in [3.8, 4) is 0 Å². The predicted molar refractivity (Wildman–Crippen MR) is 83.8 cm³/mol. The third kappa shape index (κ3) is 2.90. The van der Waals surface area contributed by atoms with Crippen LogP contribution in [-0.4, -0.2) is 32.1 Å². The normalized spacial score (nSPS) is 12.2. The van der Waals surface area contributed by atoms with Crippen LogP contribution in [0.15, 0.2) is 42.9 Å². The summed E-state index contributed by atoms with van der Waals surface area (Å²) in [6.45, 7) is 1.99. The molecule has 0 bridgehead atoms. The Bertz CT molecular complexity index is 799. The third-order valence-electron chi connectivity index (χ3n) is 3.52. The van der Waals surface area contributed by atoms with E-state index in [1.54, 1.807) is 6.20 Å². The molecule has 0 fully saturated rings. The number of hydrogen-bond donors (Lipinski definition) is 3. The van der Waals surface area contributed by atoms with Crippen molar-refractivity contribution in [2.45, 2.75) is 19.4 Å². The fourth-order valence-corrected chi connectivity index (χ4v) is 2.42. The molecule has 6 heteroatoms. The predicted octanol–water partition coefficient (Wildman–Crippen LogP) is 2.37. The lowest BCUT2D eigenvalue weighted by Crippen LogP contribution is -2.32. The Morgan fingerprint density at radius 1 is 1.41 bits per heavy atom. The Balaban J connectivity index is 1.88. The lowest BCUT2D eigenvalue weighted by molar-refractivity contribution is -0.137. The zero-order chi connectivity index (χ0) is 15.5. The minimum atomic E-state index is -0.929. The van der Waals surface area contributed by atoms with Crippen LogP contribution in [0.5, 0.6) is 0 Å². The van der Waals surface area contributed by atoms with E-state index in [9.17, 15) is 9.90 Å². The summed E-state index contributed by atoms with van der Waals surface area (Å²) in [5, 5.41) is 13.4. The summed E-state index contributed by atoms with van der Waals surface area (Å²) in [4.78, 5) is 22.8. The third-order valence-corrected chi connectivity index (χ3v) is 3.52. The van der Waals surface area contributed by atoms with Gasteiger partial charge in [0.25, 0.3) is 0 Å². The molecule has 2 heterocycles. The first-order chi connectivity index (χ1) is 10.6. The zero-order valence-corrected chi connectivity index (χ0v) is 12.1. The molecule has 3 rings (SSSR count). The molecule has 112 valence electrons. The SMILES string of the molecule is Cc1cc(NC(Cc2cnc[nH]2)C(=O)O)nc2ccccc12. The maximum atomic E-state index is 11.5. The number of nitrogens with one attached hydrogen (secondary N) is 2. The second kappa shape index (κ2) is 5.85. The number of aliphatic carboxylic acids is 1. The van der Waals surface area contributed by atoms with Crippen LogP contribution in [0.1, 0.15) is 11.3 Å². The number of aromatic nitrogens is 3. The summed E-state index contributed by atoms with van der Waals surface area (Å²) < 4.78 is 0. The molecule has 0 aliphatic heterocycles. The van der Waals surface area contributed by atoms with Gasteiger partial charge in [0.15, 0.2) is 0 Å². The number of nitrogens with zero attached hydrogens (tertiary/aromatic N) is 2. The highest BCUT2D eigenvalue weighted by atomic mass is 16.4. The van der Waals surface area contributed by atoms with Gasteiger partial charge in [0.05, 0.1) is 11.8 Å². The second-order valence-electron chi connectivity index (χ2n) is 5.16. The second-order valence-corrected chi connectivity index (χ2v) is 5.16. The number of rotatable bonds is 5. The summed E-state index contributed by atoms with van der Waals surface area (Å²) in [5.74, 6) is -0.370. The van der Waals surface area contributed by atoms with E-state index in [1.807, 2.05) is 37.3 Å². The molecule has 0 radical (unpaired) electrons. The summed E-state index contributed by atoms with van der Waals surface area (Å²) in [5.41, 5.74) is 2.66. The Hall–Kier alpha value is -2.89. The number of imidazole rings is 1. The highest BCUT2D eigenvalue weighted by Crippen LogP contribution is 2.20. The molecule has 0 aliphatic rings. The lowest BCUT2D eigenvalue weighted by atomic mass is 10.1. The van der Waals surface area contributed by atoms with Gasteiger partial charge in [-0.05, 0) is 24.6 Å².